The summed E-state index contributed by atoms with van der Waals surface area (Å²) in [6.45, 7) is 4.49. The summed E-state index contributed by atoms with van der Waals surface area (Å²) in [5, 5.41) is 11.8. The molecular weight excluding hydrogens is 170 g/mol. The van der Waals surface area contributed by atoms with Gasteiger partial charge in [0.1, 0.15) is 0 Å². The van der Waals surface area contributed by atoms with Gasteiger partial charge in [0.25, 0.3) is 0 Å². The van der Waals surface area contributed by atoms with Gasteiger partial charge in [-0.25, -0.2) is 4.98 Å². The fourth-order valence-electron chi connectivity index (χ4n) is 0.949. The van der Waals surface area contributed by atoms with Crippen LogP contribution >= 0.6 is 11.3 Å². The fourth-order valence-corrected chi connectivity index (χ4v) is 1.75. The van der Waals surface area contributed by atoms with Gasteiger partial charge in [-0.2, -0.15) is 0 Å². The average Bonchev–Trinajstić information content (AvgIpc) is 2.48. The molecule has 0 aliphatic rings. The van der Waals surface area contributed by atoms with Gasteiger partial charge in [-0.05, 0) is 18.8 Å². The molecule has 0 amide bonds. The minimum atomic E-state index is 0.0676. The van der Waals surface area contributed by atoms with Crippen LogP contribution in [0.1, 0.15) is 31.0 Å². The lowest BCUT2D eigenvalue weighted by Gasteiger charge is -1.99. The fraction of sp³-hybridized carbons (Fsp3) is 0.667. The highest BCUT2D eigenvalue weighted by Gasteiger charge is 2.01. The molecule has 1 aromatic rings. The first kappa shape index (κ1) is 9.68. The Labute approximate surface area is 77.3 Å². The summed E-state index contributed by atoms with van der Waals surface area (Å²) in [5.41, 5.74) is 0.804. The molecule has 3 heteroatoms. The highest BCUT2D eigenvalue weighted by atomic mass is 32.1. The van der Waals surface area contributed by atoms with E-state index in [0.29, 0.717) is 0 Å². The summed E-state index contributed by atoms with van der Waals surface area (Å²) in [6, 6.07) is 0. The number of hydrogen-bond donors (Lipinski definition) is 1. The Morgan fingerprint density at radius 1 is 1.58 bits per heavy atom. The Morgan fingerprint density at radius 2 is 2.33 bits per heavy atom. The predicted octanol–water partition coefficient (Wildman–Crippen LogP) is 2.22. The zero-order valence-electron chi connectivity index (χ0n) is 7.58. The largest absolute Gasteiger partial charge is 0.390 e. The van der Waals surface area contributed by atoms with E-state index in [2.05, 4.69) is 18.8 Å². The van der Waals surface area contributed by atoms with Crippen molar-refractivity contribution in [3.63, 3.8) is 0 Å². The van der Waals surface area contributed by atoms with E-state index in [-0.39, 0.29) is 6.61 Å². The molecule has 12 heavy (non-hydrogen) atoms. The molecule has 0 aliphatic heterocycles. The molecule has 0 bridgehead atoms. The third-order valence-corrected chi connectivity index (χ3v) is 2.65. The molecule has 1 rings (SSSR count). The first-order chi connectivity index (χ1) is 5.72. The van der Waals surface area contributed by atoms with E-state index in [1.54, 1.807) is 11.3 Å². The van der Waals surface area contributed by atoms with E-state index in [4.69, 9.17) is 5.11 Å². The number of aliphatic hydroxyl groups excluding tert-OH is 1. The summed E-state index contributed by atoms with van der Waals surface area (Å²) in [7, 11) is 0. The maximum absolute atomic E-state index is 8.77. The molecule has 0 aliphatic carbocycles. The Kier molecular flexibility index (Phi) is 3.69. The van der Waals surface area contributed by atoms with Gasteiger partial charge < -0.3 is 5.11 Å². The highest BCUT2D eigenvalue weighted by molar-refractivity contribution is 7.09. The summed E-state index contributed by atoms with van der Waals surface area (Å²) in [4.78, 5) is 4.27. The molecule has 68 valence electrons. The Bertz CT molecular complexity index is 232. The molecule has 0 spiro atoms. The number of rotatable bonds is 4. The lowest BCUT2D eigenvalue weighted by Crippen LogP contribution is -1.92. The number of hydrogen-bond acceptors (Lipinski definition) is 3. The Morgan fingerprint density at radius 3 is 2.83 bits per heavy atom. The van der Waals surface area contributed by atoms with Gasteiger partial charge in [-0.3, -0.25) is 0 Å². The molecular formula is C9H15NOS. The van der Waals surface area contributed by atoms with Crippen molar-refractivity contribution in [2.24, 2.45) is 5.92 Å². The number of nitrogens with zero attached hydrogens (tertiary/aromatic N) is 1. The first-order valence-electron chi connectivity index (χ1n) is 4.26. The molecule has 0 saturated heterocycles. The van der Waals surface area contributed by atoms with Crippen molar-refractivity contribution in [1.82, 2.24) is 4.98 Å². The van der Waals surface area contributed by atoms with Crippen LogP contribution in [0.4, 0.5) is 0 Å². The van der Waals surface area contributed by atoms with Crippen LogP contribution in [0.3, 0.4) is 0 Å². The van der Waals surface area contributed by atoms with E-state index < -0.39 is 0 Å². The summed E-state index contributed by atoms with van der Waals surface area (Å²) in [5.74, 6) is 0.728. The standard InChI is InChI=1S/C9H15NOS/c1-7(2)3-4-9-10-8(5-11)6-12-9/h6-7,11H,3-5H2,1-2H3. The van der Waals surface area contributed by atoms with Crippen molar-refractivity contribution < 1.29 is 5.11 Å². The second-order valence-corrected chi connectivity index (χ2v) is 4.27. The molecule has 2 nitrogen and oxygen atoms in total. The maximum Gasteiger partial charge on any atom is 0.0929 e. The van der Waals surface area contributed by atoms with Crippen LogP contribution in [0.5, 0.6) is 0 Å². The number of thiazole rings is 1. The zero-order valence-corrected chi connectivity index (χ0v) is 8.40. The second kappa shape index (κ2) is 4.58. The monoisotopic (exact) mass is 185 g/mol. The Balaban J connectivity index is 2.41. The van der Waals surface area contributed by atoms with Gasteiger partial charge in [-0.1, -0.05) is 13.8 Å². The molecule has 1 N–H and O–H groups in total. The normalized spacial score (nSPS) is 11.0. The van der Waals surface area contributed by atoms with Gasteiger partial charge in [0.2, 0.25) is 0 Å². The van der Waals surface area contributed by atoms with Gasteiger partial charge >= 0.3 is 0 Å². The molecule has 1 heterocycles. The lowest BCUT2D eigenvalue weighted by molar-refractivity contribution is 0.277. The average molecular weight is 185 g/mol. The topological polar surface area (TPSA) is 33.1 Å². The van der Waals surface area contributed by atoms with E-state index in [0.717, 1.165) is 23.0 Å². The Hall–Kier alpha value is -0.410. The molecule has 0 atom stereocenters. The molecule has 0 unspecified atom stereocenters. The van der Waals surface area contributed by atoms with Crippen molar-refractivity contribution in [3.05, 3.63) is 16.1 Å². The quantitative estimate of drug-likeness (QED) is 0.780. The predicted molar refractivity (Wildman–Crippen MR) is 51.2 cm³/mol. The molecule has 1 aromatic heterocycles. The van der Waals surface area contributed by atoms with Crippen LogP contribution in [0.15, 0.2) is 5.38 Å². The number of aromatic nitrogens is 1. The molecule has 0 fully saturated rings. The molecule has 0 radical (unpaired) electrons. The van der Waals surface area contributed by atoms with Crippen LogP contribution < -0.4 is 0 Å². The van der Waals surface area contributed by atoms with E-state index in [1.165, 1.54) is 6.42 Å². The third-order valence-electron chi connectivity index (χ3n) is 1.70. The van der Waals surface area contributed by atoms with Gasteiger partial charge in [0.05, 0.1) is 17.3 Å². The van der Waals surface area contributed by atoms with Gasteiger partial charge in [0, 0.05) is 5.38 Å². The van der Waals surface area contributed by atoms with Crippen LogP contribution in [-0.2, 0) is 13.0 Å². The second-order valence-electron chi connectivity index (χ2n) is 3.32. The highest BCUT2D eigenvalue weighted by Crippen LogP contribution is 2.14. The van der Waals surface area contributed by atoms with E-state index in [9.17, 15) is 0 Å². The van der Waals surface area contributed by atoms with Crippen LogP contribution in [0.2, 0.25) is 0 Å². The van der Waals surface area contributed by atoms with Gasteiger partial charge in [0.15, 0.2) is 0 Å². The van der Waals surface area contributed by atoms with Gasteiger partial charge in [-0.15, -0.1) is 11.3 Å². The number of aliphatic hydroxyl groups is 1. The van der Waals surface area contributed by atoms with E-state index in [1.807, 2.05) is 5.38 Å². The first-order valence-corrected chi connectivity index (χ1v) is 5.14. The van der Waals surface area contributed by atoms with Crippen molar-refractivity contribution in [2.45, 2.75) is 33.3 Å². The van der Waals surface area contributed by atoms with Crippen molar-refractivity contribution in [1.29, 1.82) is 0 Å². The van der Waals surface area contributed by atoms with Crippen molar-refractivity contribution >= 4 is 11.3 Å². The van der Waals surface area contributed by atoms with Crippen molar-refractivity contribution in [2.75, 3.05) is 0 Å². The zero-order chi connectivity index (χ0) is 8.97. The van der Waals surface area contributed by atoms with E-state index >= 15 is 0 Å². The lowest BCUT2D eigenvalue weighted by atomic mass is 10.1. The van der Waals surface area contributed by atoms with Crippen LogP contribution in [-0.4, -0.2) is 10.1 Å². The maximum atomic E-state index is 8.77. The van der Waals surface area contributed by atoms with Crippen LogP contribution in [0.25, 0.3) is 0 Å². The minimum Gasteiger partial charge on any atom is -0.390 e. The number of aryl methyl sites for hydroxylation is 1. The third kappa shape index (κ3) is 2.91. The summed E-state index contributed by atoms with van der Waals surface area (Å²) < 4.78 is 0. The summed E-state index contributed by atoms with van der Waals surface area (Å²) in [6.07, 6.45) is 2.22. The minimum absolute atomic E-state index is 0.0676. The SMILES string of the molecule is CC(C)CCc1nc(CO)cs1. The van der Waals surface area contributed by atoms with Crippen LogP contribution in [0, 0.1) is 5.92 Å². The summed E-state index contributed by atoms with van der Waals surface area (Å²) >= 11 is 1.64. The molecule has 0 saturated carbocycles. The van der Waals surface area contributed by atoms with Crippen molar-refractivity contribution in [3.8, 4) is 0 Å². The smallest absolute Gasteiger partial charge is 0.0929 e. The molecule has 0 aromatic carbocycles.